The van der Waals surface area contributed by atoms with Crippen molar-refractivity contribution in [3.63, 3.8) is 0 Å². The zero-order chi connectivity index (χ0) is 16.8. The maximum atomic E-state index is 12.4. The first-order chi connectivity index (χ1) is 11.1. The molecule has 0 aliphatic carbocycles. The highest BCUT2D eigenvalue weighted by atomic mass is 16.2. The molecule has 1 atom stereocenters. The number of anilines is 1. The SMILES string of the molecule is CCc1cccc(C)c1NC(=O)C(=O)C(C#N)c1ccccc1. The van der Waals surface area contributed by atoms with Crippen molar-refractivity contribution < 1.29 is 9.59 Å². The number of para-hydroxylation sites is 1. The second kappa shape index (κ2) is 7.37. The summed E-state index contributed by atoms with van der Waals surface area (Å²) in [6.45, 7) is 3.85. The summed E-state index contributed by atoms with van der Waals surface area (Å²) >= 11 is 0. The van der Waals surface area contributed by atoms with Crippen molar-refractivity contribution >= 4 is 17.4 Å². The van der Waals surface area contributed by atoms with Crippen LogP contribution in [0.2, 0.25) is 0 Å². The van der Waals surface area contributed by atoms with Crippen LogP contribution in [0.25, 0.3) is 0 Å². The lowest BCUT2D eigenvalue weighted by Crippen LogP contribution is -2.28. The van der Waals surface area contributed by atoms with E-state index in [-0.39, 0.29) is 0 Å². The number of aryl methyl sites for hydroxylation is 2. The highest BCUT2D eigenvalue weighted by molar-refractivity contribution is 6.43. The molecule has 1 unspecified atom stereocenters. The summed E-state index contributed by atoms with van der Waals surface area (Å²) < 4.78 is 0. The number of nitrogens with one attached hydrogen (secondary N) is 1. The van der Waals surface area contributed by atoms with Crippen LogP contribution in [0.5, 0.6) is 0 Å². The van der Waals surface area contributed by atoms with Gasteiger partial charge in [-0.1, -0.05) is 55.5 Å². The molecule has 0 radical (unpaired) electrons. The van der Waals surface area contributed by atoms with E-state index in [1.54, 1.807) is 30.3 Å². The molecule has 4 nitrogen and oxygen atoms in total. The van der Waals surface area contributed by atoms with Gasteiger partial charge < -0.3 is 5.32 Å². The molecule has 116 valence electrons. The highest BCUT2D eigenvalue weighted by Gasteiger charge is 2.27. The number of ketones is 1. The predicted octanol–water partition coefficient (Wildman–Crippen LogP) is 3.37. The first-order valence-corrected chi connectivity index (χ1v) is 7.46. The quantitative estimate of drug-likeness (QED) is 0.861. The molecule has 1 amide bonds. The summed E-state index contributed by atoms with van der Waals surface area (Å²) in [5.74, 6) is -2.60. The van der Waals surface area contributed by atoms with Crippen molar-refractivity contribution in [1.29, 1.82) is 5.26 Å². The number of rotatable bonds is 5. The minimum absolute atomic E-state index is 0.524. The Kier molecular flexibility index (Phi) is 5.27. The maximum absolute atomic E-state index is 12.4. The lowest BCUT2D eigenvalue weighted by atomic mass is 9.95. The van der Waals surface area contributed by atoms with E-state index in [9.17, 15) is 14.9 Å². The summed E-state index contributed by atoms with van der Waals surface area (Å²) in [6, 6.07) is 16.2. The fourth-order valence-corrected chi connectivity index (χ4v) is 2.44. The molecule has 0 bridgehead atoms. The van der Waals surface area contributed by atoms with E-state index in [2.05, 4.69) is 5.32 Å². The number of carbonyl (C=O) groups is 2. The minimum atomic E-state index is -1.09. The topological polar surface area (TPSA) is 70.0 Å². The molecule has 0 saturated heterocycles. The zero-order valence-corrected chi connectivity index (χ0v) is 13.2. The Balaban J connectivity index is 2.24. The average Bonchev–Trinajstić information content (AvgIpc) is 2.58. The normalized spacial score (nSPS) is 11.3. The van der Waals surface area contributed by atoms with Gasteiger partial charge in [0.2, 0.25) is 5.78 Å². The molecule has 0 saturated carbocycles. The van der Waals surface area contributed by atoms with Crippen LogP contribution in [0, 0.1) is 18.3 Å². The summed E-state index contributed by atoms with van der Waals surface area (Å²) in [5.41, 5.74) is 3.02. The smallest absolute Gasteiger partial charge is 0.293 e. The number of nitriles is 1. The first-order valence-electron chi connectivity index (χ1n) is 7.46. The van der Waals surface area contributed by atoms with Crippen LogP contribution in [0.1, 0.15) is 29.5 Å². The number of carbonyl (C=O) groups excluding carboxylic acids is 2. The van der Waals surface area contributed by atoms with E-state index < -0.39 is 17.6 Å². The highest BCUT2D eigenvalue weighted by Crippen LogP contribution is 2.22. The van der Waals surface area contributed by atoms with Crippen LogP contribution in [0.3, 0.4) is 0 Å². The van der Waals surface area contributed by atoms with Crippen molar-refractivity contribution in [3.8, 4) is 6.07 Å². The van der Waals surface area contributed by atoms with Gasteiger partial charge in [0.1, 0.15) is 5.92 Å². The Morgan fingerprint density at radius 3 is 2.43 bits per heavy atom. The zero-order valence-electron chi connectivity index (χ0n) is 13.2. The molecule has 0 heterocycles. The van der Waals surface area contributed by atoms with Gasteiger partial charge >= 0.3 is 0 Å². The number of amides is 1. The summed E-state index contributed by atoms with van der Waals surface area (Å²) in [6.07, 6.45) is 0.742. The second-order valence-corrected chi connectivity index (χ2v) is 5.25. The van der Waals surface area contributed by atoms with Gasteiger partial charge in [0.05, 0.1) is 6.07 Å². The molecule has 2 rings (SSSR count). The summed E-state index contributed by atoms with van der Waals surface area (Å²) in [7, 11) is 0. The van der Waals surface area contributed by atoms with E-state index in [0.717, 1.165) is 17.5 Å². The van der Waals surface area contributed by atoms with Gasteiger partial charge in [-0.25, -0.2) is 0 Å². The Morgan fingerprint density at radius 1 is 1.13 bits per heavy atom. The molecule has 0 fully saturated rings. The minimum Gasteiger partial charge on any atom is -0.319 e. The number of hydrogen-bond donors (Lipinski definition) is 1. The van der Waals surface area contributed by atoms with Crippen molar-refractivity contribution in [3.05, 3.63) is 65.2 Å². The third kappa shape index (κ3) is 3.64. The van der Waals surface area contributed by atoms with Crippen molar-refractivity contribution in [2.75, 3.05) is 5.32 Å². The molecule has 0 aliphatic rings. The lowest BCUT2D eigenvalue weighted by Gasteiger charge is -2.14. The first kappa shape index (κ1) is 16.4. The van der Waals surface area contributed by atoms with Gasteiger partial charge in [-0.05, 0) is 30.0 Å². The Labute approximate surface area is 135 Å². The van der Waals surface area contributed by atoms with Gasteiger partial charge in [-0.15, -0.1) is 0 Å². The Hall–Kier alpha value is -2.93. The number of Topliss-reactive ketones (excluding diaryl/α,β-unsaturated/α-hetero) is 1. The standard InChI is InChI=1S/C19H18N2O2/c1-3-14-11-7-8-13(2)17(14)21-19(23)18(22)16(12-20)15-9-5-4-6-10-15/h4-11,16H,3H2,1-2H3,(H,21,23). The molecule has 0 aliphatic heterocycles. The van der Waals surface area contributed by atoms with E-state index in [4.69, 9.17) is 0 Å². The number of nitrogens with zero attached hydrogens (tertiary/aromatic N) is 1. The molecule has 2 aromatic carbocycles. The molecule has 1 N–H and O–H groups in total. The van der Waals surface area contributed by atoms with Crippen LogP contribution in [0.4, 0.5) is 5.69 Å². The number of hydrogen-bond acceptors (Lipinski definition) is 3. The van der Waals surface area contributed by atoms with Crippen LogP contribution < -0.4 is 5.32 Å². The van der Waals surface area contributed by atoms with Crippen LogP contribution in [-0.2, 0) is 16.0 Å². The molecule has 0 spiro atoms. The van der Waals surface area contributed by atoms with E-state index in [1.807, 2.05) is 38.1 Å². The molecular weight excluding hydrogens is 288 g/mol. The molecule has 23 heavy (non-hydrogen) atoms. The Morgan fingerprint density at radius 2 is 1.83 bits per heavy atom. The summed E-state index contributed by atoms with van der Waals surface area (Å²) in [5, 5.41) is 11.9. The fourth-order valence-electron chi connectivity index (χ4n) is 2.44. The monoisotopic (exact) mass is 306 g/mol. The van der Waals surface area contributed by atoms with E-state index >= 15 is 0 Å². The molecule has 2 aromatic rings. The van der Waals surface area contributed by atoms with Crippen molar-refractivity contribution in [2.45, 2.75) is 26.2 Å². The molecule has 4 heteroatoms. The number of benzene rings is 2. The van der Waals surface area contributed by atoms with Gasteiger partial charge in [0.15, 0.2) is 0 Å². The van der Waals surface area contributed by atoms with Gasteiger partial charge in [0.25, 0.3) is 5.91 Å². The largest absolute Gasteiger partial charge is 0.319 e. The van der Waals surface area contributed by atoms with Gasteiger partial charge in [-0.3, -0.25) is 9.59 Å². The molecular formula is C19H18N2O2. The third-order valence-electron chi connectivity index (χ3n) is 3.73. The summed E-state index contributed by atoms with van der Waals surface area (Å²) in [4.78, 5) is 24.7. The van der Waals surface area contributed by atoms with E-state index in [1.165, 1.54) is 0 Å². The van der Waals surface area contributed by atoms with Gasteiger partial charge in [0, 0.05) is 5.69 Å². The van der Waals surface area contributed by atoms with Crippen LogP contribution in [0.15, 0.2) is 48.5 Å². The third-order valence-corrected chi connectivity index (χ3v) is 3.73. The van der Waals surface area contributed by atoms with Crippen LogP contribution >= 0.6 is 0 Å². The van der Waals surface area contributed by atoms with Crippen molar-refractivity contribution in [1.82, 2.24) is 0 Å². The van der Waals surface area contributed by atoms with Gasteiger partial charge in [-0.2, -0.15) is 5.26 Å². The van der Waals surface area contributed by atoms with Crippen LogP contribution in [-0.4, -0.2) is 11.7 Å². The second-order valence-electron chi connectivity index (χ2n) is 5.25. The Bertz CT molecular complexity index is 761. The maximum Gasteiger partial charge on any atom is 0.293 e. The average molecular weight is 306 g/mol. The lowest BCUT2D eigenvalue weighted by molar-refractivity contribution is -0.135. The predicted molar refractivity (Wildman–Crippen MR) is 89.0 cm³/mol. The van der Waals surface area contributed by atoms with E-state index in [0.29, 0.717) is 11.3 Å². The van der Waals surface area contributed by atoms with Crippen molar-refractivity contribution in [2.24, 2.45) is 0 Å². The molecule has 0 aromatic heterocycles. The fraction of sp³-hybridized carbons (Fsp3) is 0.211.